The smallest absolute Gasteiger partial charge is 0.321 e. The van der Waals surface area contributed by atoms with Crippen LogP contribution < -0.4 is 10.6 Å². The summed E-state index contributed by atoms with van der Waals surface area (Å²) in [6, 6.07) is -0.727. The van der Waals surface area contributed by atoms with Crippen LogP contribution in [0.25, 0.3) is 0 Å². The largest absolute Gasteiger partial charge is 0.333 e. The Labute approximate surface area is 139 Å². The monoisotopic (exact) mass is 347 g/mol. The molecule has 1 aliphatic rings. The van der Waals surface area contributed by atoms with E-state index in [1.807, 2.05) is 20.8 Å². The second kappa shape index (κ2) is 7.61. The zero-order chi connectivity index (χ0) is 17.8. The van der Waals surface area contributed by atoms with E-state index in [4.69, 9.17) is 0 Å². The molecule has 0 bridgehead atoms. The SMILES string of the molecule is CN(CC(=O)NC(=O)NC(C)(C)C)[C@@H]1CCCC[C@H]1S(C)(=O)=O. The lowest BCUT2D eigenvalue weighted by atomic mass is 9.94. The molecular formula is C15H29N3O4S. The number of sulfone groups is 1. The van der Waals surface area contributed by atoms with Gasteiger partial charge in [0.25, 0.3) is 0 Å². The number of nitrogens with zero attached hydrogens (tertiary/aromatic N) is 1. The van der Waals surface area contributed by atoms with Gasteiger partial charge in [0.15, 0.2) is 9.84 Å². The van der Waals surface area contributed by atoms with Crippen molar-refractivity contribution in [1.82, 2.24) is 15.5 Å². The quantitative estimate of drug-likeness (QED) is 0.788. The second-order valence-electron chi connectivity index (χ2n) is 7.39. The Morgan fingerprint density at radius 2 is 1.74 bits per heavy atom. The maximum atomic E-state index is 12.0. The molecule has 1 fully saturated rings. The number of imide groups is 1. The van der Waals surface area contributed by atoms with Gasteiger partial charge in [0, 0.05) is 17.8 Å². The average molecular weight is 347 g/mol. The summed E-state index contributed by atoms with van der Waals surface area (Å²) in [7, 11) is -1.42. The molecule has 0 aromatic carbocycles. The summed E-state index contributed by atoms with van der Waals surface area (Å²) in [6.07, 6.45) is 4.46. The van der Waals surface area contributed by atoms with Crippen LogP contribution in [0.5, 0.6) is 0 Å². The summed E-state index contributed by atoms with van der Waals surface area (Å²) in [5, 5.41) is 4.48. The van der Waals surface area contributed by atoms with Crippen molar-refractivity contribution in [2.24, 2.45) is 0 Å². The standard InChI is InChI=1S/C15H29N3O4S/c1-15(2,3)17-14(20)16-13(19)10-18(4)11-8-6-7-9-12(11)23(5,21)22/h11-12H,6-10H2,1-5H3,(H2,16,17,19,20)/t11-,12-/m1/s1. The summed E-state index contributed by atoms with van der Waals surface area (Å²) in [5.41, 5.74) is -0.430. The van der Waals surface area contributed by atoms with Gasteiger partial charge in [-0.15, -0.1) is 0 Å². The van der Waals surface area contributed by atoms with Crippen molar-refractivity contribution >= 4 is 21.8 Å². The van der Waals surface area contributed by atoms with Crippen LogP contribution >= 0.6 is 0 Å². The maximum absolute atomic E-state index is 12.0. The number of carbonyl (C=O) groups is 2. The van der Waals surface area contributed by atoms with E-state index in [1.54, 1.807) is 11.9 Å². The molecule has 0 unspecified atom stereocenters. The molecule has 3 amide bonds. The van der Waals surface area contributed by atoms with Crippen LogP contribution in [0.1, 0.15) is 46.5 Å². The van der Waals surface area contributed by atoms with Gasteiger partial charge in [-0.3, -0.25) is 15.0 Å². The Morgan fingerprint density at radius 3 is 2.26 bits per heavy atom. The van der Waals surface area contributed by atoms with Crippen LogP contribution in [0.3, 0.4) is 0 Å². The lowest BCUT2D eigenvalue weighted by Gasteiger charge is -2.36. The number of urea groups is 1. The zero-order valence-corrected chi connectivity index (χ0v) is 15.5. The highest BCUT2D eigenvalue weighted by Crippen LogP contribution is 2.27. The van der Waals surface area contributed by atoms with Crippen LogP contribution in [-0.2, 0) is 14.6 Å². The summed E-state index contributed by atoms with van der Waals surface area (Å²) in [6.45, 7) is 5.46. The third kappa shape index (κ3) is 6.87. The van der Waals surface area contributed by atoms with Crippen LogP contribution in [0.2, 0.25) is 0 Å². The van der Waals surface area contributed by atoms with Crippen molar-refractivity contribution in [2.75, 3.05) is 19.8 Å². The minimum atomic E-state index is -3.16. The van der Waals surface area contributed by atoms with Crippen LogP contribution in [0.4, 0.5) is 4.79 Å². The first-order valence-corrected chi connectivity index (χ1v) is 9.87. The number of likely N-dealkylation sites (N-methyl/N-ethyl adjacent to an activating group) is 1. The molecule has 0 aliphatic heterocycles. The Bertz CT molecular complexity index is 539. The molecule has 1 rings (SSSR count). The number of rotatable bonds is 4. The molecule has 2 N–H and O–H groups in total. The Kier molecular flexibility index (Phi) is 6.59. The fourth-order valence-corrected chi connectivity index (χ4v) is 4.47. The summed E-state index contributed by atoms with van der Waals surface area (Å²) >= 11 is 0. The fourth-order valence-electron chi connectivity index (χ4n) is 2.96. The molecule has 23 heavy (non-hydrogen) atoms. The molecule has 2 atom stereocenters. The Hall–Kier alpha value is -1.15. The highest BCUT2D eigenvalue weighted by molar-refractivity contribution is 7.91. The highest BCUT2D eigenvalue weighted by Gasteiger charge is 2.35. The van der Waals surface area contributed by atoms with Crippen molar-refractivity contribution in [1.29, 1.82) is 0 Å². The van der Waals surface area contributed by atoms with Gasteiger partial charge >= 0.3 is 6.03 Å². The summed E-state index contributed by atoms with van der Waals surface area (Å²) in [5.74, 6) is -0.438. The first kappa shape index (κ1) is 19.9. The fraction of sp³-hybridized carbons (Fsp3) is 0.867. The molecule has 1 saturated carbocycles. The van der Waals surface area contributed by atoms with Gasteiger partial charge in [-0.25, -0.2) is 13.2 Å². The Morgan fingerprint density at radius 1 is 1.17 bits per heavy atom. The minimum Gasteiger partial charge on any atom is -0.333 e. The van der Waals surface area contributed by atoms with Crippen molar-refractivity contribution in [3.05, 3.63) is 0 Å². The molecule has 0 heterocycles. The zero-order valence-electron chi connectivity index (χ0n) is 14.7. The average Bonchev–Trinajstić information content (AvgIpc) is 2.34. The van der Waals surface area contributed by atoms with Gasteiger partial charge in [-0.1, -0.05) is 12.8 Å². The topological polar surface area (TPSA) is 95.6 Å². The minimum absolute atomic E-state index is 0.00570. The van der Waals surface area contributed by atoms with E-state index in [-0.39, 0.29) is 12.6 Å². The van der Waals surface area contributed by atoms with Crippen LogP contribution in [0, 0.1) is 0 Å². The van der Waals surface area contributed by atoms with E-state index in [1.165, 1.54) is 6.26 Å². The first-order chi connectivity index (χ1) is 10.4. The van der Waals surface area contributed by atoms with Gasteiger partial charge in [-0.2, -0.15) is 0 Å². The van der Waals surface area contributed by atoms with Crippen molar-refractivity contribution in [2.45, 2.75) is 63.3 Å². The third-order valence-electron chi connectivity index (χ3n) is 3.92. The molecule has 0 spiro atoms. The molecule has 0 radical (unpaired) electrons. The normalized spacial score (nSPS) is 22.7. The molecule has 0 aromatic rings. The molecule has 0 saturated heterocycles. The molecule has 0 aromatic heterocycles. The molecule has 7 nitrogen and oxygen atoms in total. The molecule has 1 aliphatic carbocycles. The predicted octanol–water partition coefficient (Wildman–Crippen LogP) is 0.898. The lowest BCUT2D eigenvalue weighted by molar-refractivity contribution is -0.121. The van der Waals surface area contributed by atoms with Crippen LogP contribution in [-0.4, -0.2) is 61.9 Å². The number of hydrogen-bond acceptors (Lipinski definition) is 5. The van der Waals surface area contributed by atoms with Crippen molar-refractivity contribution in [3.8, 4) is 0 Å². The van der Waals surface area contributed by atoms with E-state index in [2.05, 4.69) is 10.6 Å². The second-order valence-corrected chi connectivity index (χ2v) is 9.65. The summed E-state index contributed by atoms with van der Waals surface area (Å²) in [4.78, 5) is 25.4. The lowest BCUT2D eigenvalue weighted by Crippen LogP contribution is -2.53. The maximum Gasteiger partial charge on any atom is 0.321 e. The first-order valence-electron chi connectivity index (χ1n) is 7.91. The van der Waals surface area contributed by atoms with Crippen molar-refractivity contribution < 1.29 is 18.0 Å². The molecular weight excluding hydrogens is 318 g/mol. The van der Waals surface area contributed by atoms with Gasteiger partial charge < -0.3 is 5.32 Å². The number of amides is 3. The number of nitrogens with one attached hydrogen (secondary N) is 2. The van der Waals surface area contributed by atoms with Gasteiger partial charge in [0.1, 0.15) is 0 Å². The molecule has 8 heteroatoms. The Balaban J connectivity index is 2.61. The van der Waals surface area contributed by atoms with Crippen molar-refractivity contribution in [3.63, 3.8) is 0 Å². The van der Waals surface area contributed by atoms with E-state index >= 15 is 0 Å². The predicted molar refractivity (Wildman–Crippen MR) is 89.9 cm³/mol. The number of hydrogen-bond donors (Lipinski definition) is 2. The highest BCUT2D eigenvalue weighted by atomic mass is 32.2. The van der Waals surface area contributed by atoms with Gasteiger partial charge in [0.2, 0.25) is 5.91 Å². The molecule has 134 valence electrons. The number of carbonyl (C=O) groups excluding carboxylic acids is 2. The van der Waals surface area contributed by atoms with E-state index < -0.39 is 32.6 Å². The van der Waals surface area contributed by atoms with E-state index in [0.717, 1.165) is 19.3 Å². The van der Waals surface area contributed by atoms with Gasteiger partial charge in [-0.05, 0) is 40.7 Å². The van der Waals surface area contributed by atoms with Gasteiger partial charge in [0.05, 0.1) is 11.8 Å². The van der Waals surface area contributed by atoms with E-state index in [9.17, 15) is 18.0 Å². The summed E-state index contributed by atoms with van der Waals surface area (Å²) < 4.78 is 23.9. The van der Waals surface area contributed by atoms with Crippen LogP contribution in [0.15, 0.2) is 0 Å². The van der Waals surface area contributed by atoms with E-state index in [0.29, 0.717) is 6.42 Å². The third-order valence-corrected chi connectivity index (χ3v) is 5.57.